The Labute approximate surface area is 306 Å². The second-order valence-corrected chi connectivity index (χ2v) is 18.0. The molecule has 7 aliphatic rings. The van der Waals surface area contributed by atoms with Crippen molar-refractivity contribution < 1.29 is 69.6 Å². The summed E-state index contributed by atoms with van der Waals surface area (Å²) >= 11 is 0. The van der Waals surface area contributed by atoms with Crippen molar-refractivity contribution in [2.75, 3.05) is 13.2 Å². The lowest BCUT2D eigenvalue weighted by atomic mass is 9.44. The van der Waals surface area contributed by atoms with Crippen molar-refractivity contribution in [1.82, 2.24) is 0 Å². The minimum Gasteiger partial charge on any atom is -0.394 e. The van der Waals surface area contributed by atoms with Gasteiger partial charge in [0.2, 0.25) is 0 Å². The van der Waals surface area contributed by atoms with Crippen LogP contribution in [0.1, 0.15) is 91.9 Å². The van der Waals surface area contributed by atoms with Gasteiger partial charge in [-0.05, 0) is 85.9 Å². The van der Waals surface area contributed by atoms with Gasteiger partial charge in [0.1, 0.15) is 48.8 Å². The largest absolute Gasteiger partial charge is 0.394 e. The first-order valence-corrected chi connectivity index (χ1v) is 20.0. The third-order valence-electron chi connectivity index (χ3n) is 15.5. The zero-order valence-electron chi connectivity index (χ0n) is 31.0. The first-order chi connectivity index (χ1) is 24.6. The predicted molar refractivity (Wildman–Crippen MR) is 182 cm³/mol. The summed E-state index contributed by atoms with van der Waals surface area (Å²) in [6.07, 6.45) is -7.45. The molecular weight excluding hydrogens is 680 g/mol. The van der Waals surface area contributed by atoms with E-state index in [0.29, 0.717) is 30.6 Å². The Kier molecular flexibility index (Phi) is 11.2. The molecule has 0 aromatic carbocycles. The Hall–Kier alpha value is -0.560. The number of fused-ring (bicyclic) bond motifs is 7. The van der Waals surface area contributed by atoms with Gasteiger partial charge in [-0.2, -0.15) is 0 Å². The van der Waals surface area contributed by atoms with Crippen LogP contribution >= 0.6 is 0 Å². The predicted octanol–water partition coefficient (Wildman–Crippen LogP) is 0.149. The molecule has 52 heavy (non-hydrogen) atoms. The molecule has 14 nitrogen and oxygen atoms in total. The average molecular weight is 745 g/mol. The van der Waals surface area contributed by atoms with Crippen LogP contribution in [0.3, 0.4) is 0 Å². The van der Waals surface area contributed by atoms with Gasteiger partial charge >= 0.3 is 0 Å². The second kappa shape index (κ2) is 14.7. The molecule has 3 heterocycles. The third kappa shape index (κ3) is 6.23. The number of unbranched alkanes of at least 4 members (excludes halogenated alkanes) is 1. The number of hydrogen-bond donors (Lipinski definition) is 9. The molecule has 4 aliphatic carbocycles. The molecule has 0 aromatic heterocycles. The first kappa shape index (κ1) is 39.7. The highest BCUT2D eigenvalue weighted by atomic mass is 16.8. The lowest BCUT2D eigenvalue weighted by Gasteiger charge is -2.61. The maximum Gasteiger partial charge on any atom is 0.187 e. The lowest BCUT2D eigenvalue weighted by molar-refractivity contribution is -0.373. The molecule has 0 amide bonds. The van der Waals surface area contributed by atoms with Crippen LogP contribution in [-0.2, 0) is 23.7 Å². The molecule has 22 atom stereocenters. The molecule has 9 N–H and O–H groups in total. The molecule has 3 saturated heterocycles. The van der Waals surface area contributed by atoms with E-state index in [0.717, 1.165) is 51.4 Å². The molecule has 0 radical (unpaired) electrons. The summed E-state index contributed by atoms with van der Waals surface area (Å²) < 4.78 is 30.3. The number of aliphatic hydroxyl groups excluding tert-OH is 8. The fourth-order valence-corrected chi connectivity index (χ4v) is 12.6. The molecule has 0 spiro atoms. The van der Waals surface area contributed by atoms with Crippen molar-refractivity contribution in [2.45, 2.75) is 177 Å². The summed E-state index contributed by atoms with van der Waals surface area (Å²) in [6, 6.07) is 0. The first-order valence-electron chi connectivity index (χ1n) is 20.0. The van der Waals surface area contributed by atoms with Crippen LogP contribution in [0.5, 0.6) is 0 Å². The monoisotopic (exact) mass is 744 g/mol. The van der Waals surface area contributed by atoms with Crippen LogP contribution in [0.15, 0.2) is 0 Å². The summed E-state index contributed by atoms with van der Waals surface area (Å²) in [5.74, 6) is 0.0492. The van der Waals surface area contributed by atoms with Crippen molar-refractivity contribution in [3.63, 3.8) is 0 Å². The summed E-state index contributed by atoms with van der Waals surface area (Å²) in [6.45, 7) is 7.70. The minimum atomic E-state index is -1.73. The van der Waals surface area contributed by atoms with E-state index in [2.05, 4.69) is 27.7 Å². The number of rotatable bonds is 9. The number of hydrogen-bond acceptors (Lipinski definition) is 14. The molecule has 0 unspecified atom stereocenters. The number of ether oxygens (including phenoxy) is 5. The summed E-state index contributed by atoms with van der Waals surface area (Å²) in [7, 11) is 0. The average Bonchev–Trinajstić information content (AvgIpc) is 3.52. The Morgan fingerprint density at radius 2 is 1.37 bits per heavy atom. The molecule has 4 saturated carbocycles. The molecule has 0 aromatic rings. The van der Waals surface area contributed by atoms with Crippen molar-refractivity contribution in [2.24, 2.45) is 46.3 Å². The normalized spacial score (nSPS) is 57.5. The Bertz CT molecular complexity index is 1240. The van der Waals surface area contributed by atoms with Crippen molar-refractivity contribution in [3.8, 4) is 0 Å². The highest BCUT2D eigenvalue weighted by molar-refractivity contribution is 5.18. The van der Waals surface area contributed by atoms with Gasteiger partial charge in [0.05, 0.1) is 31.5 Å². The Morgan fingerprint density at radius 1 is 0.712 bits per heavy atom. The van der Waals surface area contributed by atoms with Crippen LogP contribution in [-0.4, -0.2) is 145 Å². The smallest absolute Gasteiger partial charge is 0.187 e. The van der Waals surface area contributed by atoms with E-state index in [4.69, 9.17) is 23.7 Å². The van der Waals surface area contributed by atoms with Crippen molar-refractivity contribution in [3.05, 3.63) is 0 Å². The van der Waals surface area contributed by atoms with E-state index in [1.807, 2.05) is 0 Å². The Balaban J connectivity index is 1.04. The van der Waals surface area contributed by atoms with Crippen molar-refractivity contribution >= 4 is 0 Å². The molecule has 7 rings (SSSR count). The molecular formula is C38H64O14. The van der Waals surface area contributed by atoms with Gasteiger partial charge in [-0.3, -0.25) is 0 Å². The van der Waals surface area contributed by atoms with E-state index in [-0.39, 0.29) is 40.8 Å². The summed E-state index contributed by atoms with van der Waals surface area (Å²) in [5, 5.41) is 96.1. The fraction of sp³-hybridized carbons (Fsp3) is 1.00. The van der Waals surface area contributed by atoms with Crippen LogP contribution in [0.25, 0.3) is 0 Å². The van der Waals surface area contributed by atoms with Crippen molar-refractivity contribution in [1.29, 1.82) is 0 Å². The maximum atomic E-state index is 12.0. The summed E-state index contributed by atoms with van der Waals surface area (Å²) in [5.41, 5.74) is -0.105. The fourth-order valence-electron chi connectivity index (χ4n) is 12.6. The standard InChI is InChI=1S/C38H64O14/c1-5-6-11-38(47)17(2)24-32(52-38)28(43)25-20-8-7-18-14-19(9-12-36(18,3)21(20)10-13-37(24,25)4)48-35-33(30(45)27(42)23(16-40)50-35)51-34-31(46)29(44)26(41)22(15-39)49-34/h17-35,39-47H,5-16H2,1-4H3/t17-,18+,19-,20+,21-,22+,23+,24-,25+,26+,27-,28+,29-,30-,31+,32-,33+,34-,35+,36-,37+,38-/m0/s1. The second-order valence-electron chi connectivity index (χ2n) is 18.0. The zero-order valence-corrected chi connectivity index (χ0v) is 31.0. The number of aliphatic hydroxyl groups is 9. The lowest BCUT2D eigenvalue weighted by Crippen LogP contribution is -2.65. The summed E-state index contributed by atoms with van der Waals surface area (Å²) in [4.78, 5) is 0. The highest BCUT2D eigenvalue weighted by Gasteiger charge is 2.71. The quantitative estimate of drug-likeness (QED) is 0.143. The van der Waals surface area contributed by atoms with Crippen LogP contribution < -0.4 is 0 Å². The van der Waals surface area contributed by atoms with Crippen LogP contribution in [0, 0.1) is 46.3 Å². The van der Waals surface area contributed by atoms with Crippen LogP contribution in [0.2, 0.25) is 0 Å². The van der Waals surface area contributed by atoms with Gasteiger partial charge in [-0.15, -0.1) is 0 Å². The SMILES string of the molecule is CCCC[C@]1(O)O[C@@H]2[C@H](O)[C@H]3[C@@H]4CC[C@@H]5C[C@@H](O[C@@H]6O[C@H](CO)[C@H](O)[C@H](O)[C@H]6O[C@@H]6O[C@H](CO)[C@@H](O)[C@H](O)[C@H]6O)CC[C@]5(C)[C@H]4CC[C@]3(C)[C@H]2[C@@H]1C. The zero-order chi connectivity index (χ0) is 37.5. The third-order valence-corrected chi connectivity index (χ3v) is 15.5. The minimum absolute atomic E-state index is 0.0128. The van der Waals surface area contributed by atoms with E-state index >= 15 is 0 Å². The van der Waals surface area contributed by atoms with E-state index in [1.165, 1.54) is 0 Å². The van der Waals surface area contributed by atoms with Gasteiger partial charge in [-0.25, -0.2) is 0 Å². The van der Waals surface area contributed by atoms with Gasteiger partial charge in [0, 0.05) is 18.3 Å². The Morgan fingerprint density at radius 3 is 2.04 bits per heavy atom. The maximum absolute atomic E-state index is 12.0. The molecule has 3 aliphatic heterocycles. The van der Waals surface area contributed by atoms with Gasteiger partial charge in [-0.1, -0.05) is 34.1 Å². The van der Waals surface area contributed by atoms with Crippen LogP contribution in [0.4, 0.5) is 0 Å². The topological polar surface area (TPSA) is 228 Å². The van der Waals surface area contributed by atoms with E-state index < -0.39 is 86.5 Å². The van der Waals surface area contributed by atoms with Gasteiger partial charge < -0.3 is 69.6 Å². The van der Waals surface area contributed by atoms with E-state index in [1.54, 1.807) is 0 Å². The molecule has 14 heteroatoms. The van der Waals surface area contributed by atoms with Gasteiger partial charge in [0.15, 0.2) is 18.4 Å². The highest BCUT2D eigenvalue weighted by Crippen LogP contribution is 2.71. The molecule has 0 bridgehead atoms. The van der Waals surface area contributed by atoms with E-state index in [9.17, 15) is 46.0 Å². The molecule has 300 valence electrons. The molecule has 7 fully saturated rings. The van der Waals surface area contributed by atoms with Gasteiger partial charge in [0.25, 0.3) is 0 Å².